The summed E-state index contributed by atoms with van der Waals surface area (Å²) in [5.74, 6) is 0.289. The number of nitrogens with zero attached hydrogens (tertiary/aromatic N) is 2. The van der Waals surface area contributed by atoms with E-state index in [0.29, 0.717) is 17.1 Å². The molecule has 3 rings (SSSR count). The van der Waals surface area contributed by atoms with E-state index in [9.17, 15) is 13.2 Å². The van der Waals surface area contributed by atoms with Gasteiger partial charge in [-0.05, 0) is 55.2 Å². The van der Waals surface area contributed by atoms with Gasteiger partial charge in [0.1, 0.15) is 0 Å². The second kappa shape index (κ2) is 10.6. The van der Waals surface area contributed by atoms with Gasteiger partial charge in [0, 0.05) is 16.9 Å². The van der Waals surface area contributed by atoms with Gasteiger partial charge in [0.05, 0.1) is 11.5 Å². The highest BCUT2D eigenvalue weighted by Crippen LogP contribution is 2.26. The van der Waals surface area contributed by atoms with Gasteiger partial charge in [-0.15, -0.1) is 10.2 Å². The van der Waals surface area contributed by atoms with Crippen LogP contribution in [0.25, 0.3) is 11.5 Å². The minimum absolute atomic E-state index is 0.00361. The maximum Gasteiger partial charge on any atom is 0.277 e. The van der Waals surface area contributed by atoms with Gasteiger partial charge in [-0.25, -0.2) is 8.42 Å². The molecule has 0 aliphatic carbocycles. The lowest BCUT2D eigenvalue weighted by Crippen LogP contribution is -2.16. The highest BCUT2D eigenvalue weighted by molar-refractivity contribution is 7.99. The first-order valence-electron chi connectivity index (χ1n) is 10.3. The summed E-state index contributed by atoms with van der Waals surface area (Å²) in [7, 11) is -3.34. The van der Waals surface area contributed by atoms with Gasteiger partial charge < -0.3 is 9.73 Å². The molecule has 170 valence electrons. The summed E-state index contributed by atoms with van der Waals surface area (Å²) in [5, 5.41) is 11.3. The van der Waals surface area contributed by atoms with Crippen LogP contribution in [0.4, 0.5) is 11.4 Å². The number of para-hydroxylation sites is 1. The zero-order chi connectivity index (χ0) is 23.1. The van der Waals surface area contributed by atoms with Crippen LogP contribution in [-0.4, -0.2) is 36.0 Å². The predicted octanol–water partition coefficient (Wildman–Crippen LogP) is 4.35. The summed E-state index contributed by atoms with van der Waals surface area (Å²) in [6.45, 7) is 5.69. The summed E-state index contributed by atoms with van der Waals surface area (Å²) >= 11 is 1.16. The van der Waals surface area contributed by atoms with Crippen LogP contribution in [0.15, 0.2) is 52.1 Å². The molecule has 0 spiro atoms. The van der Waals surface area contributed by atoms with Crippen molar-refractivity contribution in [2.75, 3.05) is 21.5 Å². The van der Waals surface area contributed by atoms with Crippen LogP contribution < -0.4 is 10.0 Å². The van der Waals surface area contributed by atoms with Crippen LogP contribution in [0.3, 0.4) is 0 Å². The van der Waals surface area contributed by atoms with Gasteiger partial charge in [-0.2, -0.15) is 0 Å². The number of carbonyl (C=O) groups excluding carboxylic acids is 1. The van der Waals surface area contributed by atoms with Crippen LogP contribution in [0.2, 0.25) is 0 Å². The third kappa shape index (κ3) is 6.10. The van der Waals surface area contributed by atoms with Gasteiger partial charge in [0.2, 0.25) is 21.8 Å². The van der Waals surface area contributed by atoms with E-state index in [-0.39, 0.29) is 22.6 Å². The van der Waals surface area contributed by atoms with Gasteiger partial charge in [0.15, 0.2) is 0 Å². The number of benzene rings is 2. The number of aryl methyl sites for hydroxylation is 2. The van der Waals surface area contributed by atoms with Crippen molar-refractivity contribution in [1.29, 1.82) is 0 Å². The van der Waals surface area contributed by atoms with Crippen molar-refractivity contribution in [3.8, 4) is 11.5 Å². The van der Waals surface area contributed by atoms with Gasteiger partial charge in [-0.1, -0.05) is 43.8 Å². The highest BCUT2D eigenvalue weighted by atomic mass is 32.2. The Kier molecular flexibility index (Phi) is 7.92. The van der Waals surface area contributed by atoms with E-state index in [1.54, 1.807) is 31.2 Å². The molecule has 1 amide bonds. The molecule has 0 aliphatic heterocycles. The van der Waals surface area contributed by atoms with Crippen LogP contribution >= 0.6 is 11.8 Å². The quantitative estimate of drug-likeness (QED) is 0.420. The van der Waals surface area contributed by atoms with Crippen molar-refractivity contribution in [1.82, 2.24) is 10.2 Å². The Morgan fingerprint density at radius 1 is 1.00 bits per heavy atom. The third-order valence-electron chi connectivity index (χ3n) is 4.78. The summed E-state index contributed by atoms with van der Waals surface area (Å²) in [6.07, 6.45) is 1.67. The number of hydrogen-bond donors (Lipinski definition) is 2. The molecule has 2 N–H and O–H groups in total. The number of hydrogen-bond acceptors (Lipinski definition) is 7. The number of amides is 1. The zero-order valence-electron chi connectivity index (χ0n) is 18.2. The van der Waals surface area contributed by atoms with Crippen molar-refractivity contribution in [2.24, 2.45) is 0 Å². The summed E-state index contributed by atoms with van der Waals surface area (Å²) in [4.78, 5) is 12.5. The molecule has 8 nitrogen and oxygen atoms in total. The van der Waals surface area contributed by atoms with E-state index in [4.69, 9.17) is 4.42 Å². The van der Waals surface area contributed by atoms with Crippen molar-refractivity contribution in [3.05, 3.63) is 53.6 Å². The molecule has 10 heteroatoms. The van der Waals surface area contributed by atoms with E-state index in [1.807, 2.05) is 18.2 Å². The number of anilines is 2. The first kappa shape index (κ1) is 23.8. The normalized spacial score (nSPS) is 11.3. The minimum Gasteiger partial charge on any atom is -0.411 e. The monoisotopic (exact) mass is 474 g/mol. The molecular weight excluding hydrogens is 448 g/mol. The smallest absolute Gasteiger partial charge is 0.277 e. The van der Waals surface area contributed by atoms with Crippen molar-refractivity contribution < 1.29 is 17.6 Å². The van der Waals surface area contributed by atoms with Gasteiger partial charge in [-0.3, -0.25) is 9.52 Å². The standard InChI is InChI=1S/C22H26N4O4S2/c1-4-15-8-7-9-16(5-2)20(15)23-19(27)14-31-22-25-24-21(30-22)17-10-12-18(13-11-17)26-32(28,29)6-3/h7-13,26H,4-6,14H2,1-3H3,(H,23,27). The number of thioether (sulfide) groups is 1. The van der Waals surface area contributed by atoms with E-state index in [1.165, 1.54) is 0 Å². The number of sulfonamides is 1. The van der Waals surface area contributed by atoms with E-state index in [0.717, 1.165) is 41.4 Å². The van der Waals surface area contributed by atoms with Crippen LogP contribution in [-0.2, 0) is 27.7 Å². The van der Waals surface area contributed by atoms with E-state index >= 15 is 0 Å². The fourth-order valence-electron chi connectivity index (χ4n) is 3.02. The molecule has 0 saturated heterocycles. The second-order valence-electron chi connectivity index (χ2n) is 6.95. The maximum absolute atomic E-state index is 12.5. The summed E-state index contributed by atoms with van der Waals surface area (Å²) in [6, 6.07) is 12.7. The van der Waals surface area contributed by atoms with Crippen LogP contribution in [0.5, 0.6) is 0 Å². The average molecular weight is 475 g/mol. The fourth-order valence-corrected chi connectivity index (χ4v) is 4.23. The molecule has 0 saturated carbocycles. The molecule has 0 bridgehead atoms. The Labute approximate surface area is 192 Å². The number of nitrogens with one attached hydrogen (secondary N) is 2. The largest absolute Gasteiger partial charge is 0.411 e. The summed E-state index contributed by atoms with van der Waals surface area (Å²) in [5.41, 5.74) is 4.20. The Balaban J connectivity index is 1.61. The lowest BCUT2D eigenvalue weighted by atomic mass is 10.0. The average Bonchev–Trinajstić information content (AvgIpc) is 3.27. The Bertz CT molecular complexity index is 1150. The molecule has 0 radical (unpaired) electrons. The Hall–Kier alpha value is -2.85. The molecule has 1 heterocycles. The highest BCUT2D eigenvalue weighted by Gasteiger charge is 2.14. The first-order chi connectivity index (χ1) is 15.3. The SMILES string of the molecule is CCc1cccc(CC)c1NC(=O)CSc1nnc(-c2ccc(NS(=O)(=O)CC)cc2)o1. The molecule has 3 aromatic rings. The first-order valence-corrected chi connectivity index (χ1v) is 13.0. The molecule has 0 fully saturated rings. The zero-order valence-corrected chi connectivity index (χ0v) is 19.8. The maximum atomic E-state index is 12.5. The van der Waals surface area contributed by atoms with Crippen LogP contribution in [0.1, 0.15) is 31.9 Å². The van der Waals surface area contributed by atoms with E-state index in [2.05, 4.69) is 34.1 Å². The van der Waals surface area contributed by atoms with E-state index < -0.39 is 10.0 Å². The molecule has 2 aromatic carbocycles. The number of rotatable bonds is 10. The van der Waals surface area contributed by atoms with Gasteiger partial charge >= 0.3 is 0 Å². The van der Waals surface area contributed by atoms with Gasteiger partial charge in [0.25, 0.3) is 5.22 Å². The van der Waals surface area contributed by atoms with Crippen molar-refractivity contribution in [3.63, 3.8) is 0 Å². The number of carbonyl (C=O) groups is 1. The van der Waals surface area contributed by atoms with Crippen molar-refractivity contribution in [2.45, 2.75) is 38.8 Å². The molecule has 0 unspecified atom stereocenters. The molecule has 1 aromatic heterocycles. The minimum atomic E-state index is -3.34. The Morgan fingerprint density at radius 2 is 1.66 bits per heavy atom. The molecule has 32 heavy (non-hydrogen) atoms. The Morgan fingerprint density at radius 3 is 2.25 bits per heavy atom. The lowest BCUT2D eigenvalue weighted by Gasteiger charge is -2.14. The topological polar surface area (TPSA) is 114 Å². The predicted molar refractivity (Wildman–Crippen MR) is 127 cm³/mol. The number of aromatic nitrogens is 2. The fraction of sp³-hybridized carbons (Fsp3) is 0.318. The lowest BCUT2D eigenvalue weighted by molar-refractivity contribution is -0.113. The van der Waals surface area contributed by atoms with Crippen LogP contribution in [0, 0.1) is 0 Å². The second-order valence-corrected chi connectivity index (χ2v) is 9.89. The summed E-state index contributed by atoms with van der Waals surface area (Å²) < 4.78 is 31.4. The molecular formula is C22H26N4O4S2. The molecule has 0 aliphatic rings. The van der Waals surface area contributed by atoms with Crippen molar-refractivity contribution >= 4 is 39.1 Å². The third-order valence-corrected chi connectivity index (χ3v) is 6.91. The molecule has 0 atom stereocenters.